The van der Waals surface area contributed by atoms with Crippen LogP contribution in [0.3, 0.4) is 0 Å². The maximum atomic E-state index is 13.1. The molecule has 2 fully saturated rings. The average molecular weight is 475 g/mol. The zero-order chi connectivity index (χ0) is 24.0. The fraction of sp³-hybridized carbons (Fsp3) is 0.538. The molecule has 7 heteroatoms. The van der Waals surface area contributed by atoms with Gasteiger partial charge in [-0.15, -0.1) is 0 Å². The van der Waals surface area contributed by atoms with Gasteiger partial charge in [-0.1, -0.05) is 32.9 Å². The Balaban J connectivity index is 1.43. The molecule has 6 nitrogen and oxygen atoms in total. The van der Waals surface area contributed by atoms with Crippen molar-refractivity contribution in [2.45, 2.75) is 86.8 Å². The molecule has 2 heterocycles. The average Bonchev–Trinajstić information content (AvgIpc) is 3.30. The molecule has 0 bridgehead atoms. The predicted octanol–water partition coefficient (Wildman–Crippen LogP) is 4.55. The van der Waals surface area contributed by atoms with Gasteiger partial charge in [0, 0.05) is 0 Å². The van der Waals surface area contributed by atoms with Crippen molar-refractivity contribution >= 4 is 9.84 Å². The normalized spacial score (nSPS) is 25.8. The van der Waals surface area contributed by atoms with Gasteiger partial charge < -0.3 is 18.9 Å². The molecule has 33 heavy (non-hydrogen) atoms. The molecule has 0 spiro atoms. The summed E-state index contributed by atoms with van der Waals surface area (Å²) in [6, 6.07) is 13.6. The van der Waals surface area contributed by atoms with Gasteiger partial charge >= 0.3 is 0 Å². The number of ether oxygens (including phenoxy) is 4. The van der Waals surface area contributed by atoms with Crippen molar-refractivity contribution in [2.75, 3.05) is 13.2 Å². The third kappa shape index (κ3) is 5.27. The van der Waals surface area contributed by atoms with E-state index in [4.69, 9.17) is 18.9 Å². The molecule has 0 amide bonds. The lowest BCUT2D eigenvalue weighted by molar-refractivity contribution is -0.104. The van der Waals surface area contributed by atoms with Crippen molar-refractivity contribution < 1.29 is 27.4 Å². The molecule has 2 aliphatic rings. The third-order valence-electron chi connectivity index (χ3n) is 5.92. The lowest BCUT2D eigenvalue weighted by Gasteiger charge is -2.26. The van der Waals surface area contributed by atoms with E-state index in [0.29, 0.717) is 19.0 Å². The van der Waals surface area contributed by atoms with Gasteiger partial charge in [-0.25, -0.2) is 8.42 Å². The molecule has 0 aliphatic carbocycles. The maximum absolute atomic E-state index is 13.1. The van der Waals surface area contributed by atoms with E-state index in [1.54, 1.807) is 36.4 Å². The van der Waals surface area contributed by atoms with Crippen molar-refractivity contribution in [1.82, 2.24) is 0 Å². The summed E-state index contributed by atoms with van der Waals surface area (Å²) >= 11 is 0. The topological polar surface area (TPSA) is 71.1 Å². The molecule has 2 aromatic rings. The Morgan fingerprint density at radius 3 is 1.76 bits per heavy atom. The Bertz CT molecular complexity index is 1060. The molecule has 4 unspecified atom stereocenters. The quantitative estimate of drug-likeness (QED) is 0.633. The van der Waals surface area contributed by atoms with Crippen LogP contribution in [-0.2, 0) is 29.5 Å². The summed E-state index contributed by atoms with van der Waals surface area (Å²) in [5.74, 6) is 0.579. The maximum Gasteiger partial charge on any atom is 0.206 e. The van der Waals surface area contributed by atoms with Crippen molar-refractivity contribution in [3.8, 4) is 5.75 Å². The first kappa shape index (κ1) is 24.2. The van der Waals surface area contributed by atoms with Crippen LogP contribution in [0.15, 0.2) is 58.3 Å². The van der Waals surface area contributed by atoms with Gasteiger partial charge in [0.2, 0.25) is 9.84 Å². The molecule has 0 aromatic heterocycles. The lowest BCUT2D eigenvalue weighted by atomic mass is 9.87. The van der Waals surface area contributed by atoms with Crippen LogP contribution in [0.4, 0.5) is 0 Å². The SMILES string of the molecule is CC(C)(C)OC1COC2C(Oc3ccc(S(=O)(=O)c4ccc(C(C)(C)C)cc4)cc3)COC12. The van der Waals surface area contributed by atoms with E-state index in [2.05, 4.69) is 20.8 Å². The molecule has 0 saturated carbocycles. The van der Waals surface area contributed by atoms with Crippen molar-refractivity contribution in [3.05, 3.63) is 54.1 Å². The molecule has 2 aliphatic heterocycles. The molecular weight excluding hydrogens is 440 g/mol. The number of rotatable bonds is 5. The second kappa shape index (κ2) is 8.69. The Kier molecular flexibility index (Phi) is 6.37. The van der Waals surface area contributed by atoms with Gasteiger partial charge in [0.1, 0.15) is 24.1 Å². The monoisotopic (exact) mass is 474 g/mol. The fourth-order valence-electron chi connectivity index (χ4n) is 4.23. The highest BCUT2D eigenvalue weighted by Gasteiger charge is 2.50. The van der Waals surface area contributed by atoms with E-state index in [0.717, 1.165) is 5.56 Å². The van der Waals surface area contributed by atoms with E-state index in [1.807, 2.05) is 32.9 Å². The number of hydrogen-bond acceptors (Lipinski definition) is 6. The van der Waals surface area contributed by atoms with Crippen LogP contribution in [-0.4, -0.2) is 51.6 Å². The summed E-state index contributed by atoms with van der Waals surface area (Å²) in [5, 5.41) is 0. The van der Waals surface area contributed by atoms with Crippen LogP contribution in [0.5, 0.6) is 5.75 Å². The molecule has 0 N–H and O–H groups in total. The van der Waals surface area contributed by atoms with Gasteiger partial charge in [-0.2, -0.15) is 0 Å². The second-order valence-corrected chi connectivity index (χ2v) is 12.7. The molecule has 0 radical (unpaired) electrons. The minimum Gasteiger partial charge on any atom is -0.485 e. The Hall–Kier alpha value is -1.93. The molecule has 2 aromatic carbocycles. The minimum atomic E-state index is -3.61. The van der Waals surface area contributed by atoms with Crippen LogP contribution in [0.1, 0.15) is 47.1 Å². The largest absolute Gasteiger partial charge is 0.485 e. The van der Waals surface area contributed by atoms with E-state index >= 15 is 0 Å². The first-order chi connectivity index (χ1) is 15.3. The van der Waals surface area contributed by atoms with Crippen LogP contribution in [0.2, 0.25) is 0 Å². The van der Waals surface area contributed by atoms with Gasteiger partial charge in [-0.3, -0.25) is 0 Å². The number of hydrogen-bond donors (Lipinski definition) is 0. The van der Waals surface area contributed by atoms with Gasteiger partial charge in [0.25, 0.3) is 0 Å². The van der Waals surface area contributed by atoms with E-state index < -0.39 is 9.84 Å². The third-order valence-corrected chi connectivity index (χ3v) is 7.71. The van der Waals surface area contributed by atoms with Gasteiger partial charge in [0.05, 0.1) is 28.6 Å². The number of fused-ring (bicyclic) bond motifs is 1. The minimum absolute atomic E-state index is 0.0356. The summed E-state index contributed by atoms with van der Waals surface area (Å²) in [5.41, 5.74) is 0.776. The standard InChI is InChI=1S/C26H34O6S/c1-25(2,3)17-7-11-19(12-8-17)33(27,28)20-13-9-18(10-14-20)31-21-15-29-24-22(16-30-23(21)24)32-26(4,5)6/h7-14,21-24H,15-16H2,1-6H3. The predicted molar refractivity (Wildman–Crippen MR) is 126 cm³/mol. The highest BCUT2D eigenvalue weighted by molar-refractivity contribution is 7.91. The molecule has 180 valence electrons. The van der Waals surface area contributed by atoms with Crippen molar-refractivity contribution in [1.29, 1.82) is 0 Å². The summed E-state index contributed by atoms with van der Waals surface area (Å²) < 4.78 is 50.1. The summed E-state index contributed by atoms with van der Waals surface area (Å²) in [6.07, 6.45) is -0.760. The lowest BCUT2D eigenvalue weighted by Crippen LogP contribution is -2.38. The Morgan fingerprint density at radius 2 is 1.24 bits per heavy atom. The van der Waals surface area contributed by atoms with E-state index in [1.165, 1.54) is 0 Å². The smallest absolute Gasteiger partial charge is 0.206 e. The molecule has 4 atom stereocenters. The van der Waals surface area contributed by atoms with Crippen LogP contribution in [0.25, 0.3) is 0 Å². The highest BCUT2D eigenvalue weighted by atomic mass is 32.2. The van der Waals surface area contributed by atoms with Crippen molar-refractivity contribution in [2.24, 2.45) is 0 Å². The van der Waals surface area contributed by atoms with Crippen LogP contribution >= 0.6 is 0 Å². The Morgan fingerprint density at radius 1 is 0.758 bits per heavy atom. The fourth-order valence-corrected chi connectivity index (χ4v) is 5.49. The van der Waals surface area contributed by atoms with Crippen LogP contribution in [0, 0.1) is 0 Å². The van der Waals surface area contributed by atoms with Gasteiger partial charge in [-0.05, 0) is 68.1 Å². The van der Waals surface area contributed by atoms with E-state index in [9.17, 15) is 8.42 Å². The summed E-state index contributed by atoms with van der Waals surface area (Å²) in [4.78, 5) is 0.509. The molecule has 4 rings (SSSR count). The summed E-state index contributed by atoms with van der Waals surface area (Å²) in [6.45, 7) is 13.2. The van der Waals surface area contributed by atoms with Gasteiger partial charge in [0.15, 0.2) is 6.10 Å². The number of benzene rings is 2. The zero-order valence-corrected chi connectivity index (χ0v) is 21.0. The van der Waals surface area contributed by atoms with E-state index in [-0.39, 0.29) is 45.2 Å². The second-order valence-electron chi connectivity index (χ2n) is 10.8. The first-order valence-electron chi connectivity index (χ1n) is 11.4. The van der Waals surface area contributed by atoms with Crippen LogP contribution < -0.4 is 4.74 Å². The highest BCUT2D eigenvalue weighted by Crippen LogP contribution is 2.34. The first-order valence-corrected chi connectivity index (χ1v) is 12.9. The zero-order valence-electron chi connectivity index (χ0n) is 20.2. The summed E-state index contributed by atoms with van der Waals surface area (Å²) in [7, 11) is -3.61. The molecular formula is C26H34O6S. The van der Waals surface area contributed by atoms with Crippen molar-refractivity contribution in [3.63, 3.8) is 0 Å². The number of sulfone groups is 1. The molecule has 2 saturated heterocycles. The Labute approximate surface area is 197 Å².